The van der Waals surface area contributed by atoms with Crippen molar-refractivity contribution in [2.75, 3.05) is 14.7 Å². The Bertz CT molecular complexity index is 7600. The number of fused-ring (bicyclic) bond motifs is 18. The molecule has 0 atom stereocenters. The van der Waals surface area contributed by atoms with Gasteiger partial charge in [-0.15, -0.1) is 0 Å². The summed E-state index contributed by atoms with van der Waals surface area (Å²) in [6.07, 6.45) is 0. The monoisotopic (exact) mass is 1970 g/mol. The van der Waals surface area contributed by atoms with E-state index in [1.165, 1.54) is 137 Å². The molecular weight excluding hydrogens is 1850 g/mol. The van der Waals surface area contributed by atoms with Crippen molar-refractivity contribution in [2.24, 2.45) is 0 Å². The molecule has 19 aromatic carbocycles. The van der Waals surface area contributed by atoms with E-state index in [2.05, 4.69) is 524 Å². The molecule has 145 heavy (non-hydrogen) atoms. The smallest absolute Gasteiger partial charge is 0.241 e. The molecule has 0 aliphatic carbocycles. The van der Waals surface area contributed by atoms with Crippen molar-refractivity contribution in [3.8, 4) is 34.5 Å². The number of nitrogens with zero attached hydrogens (tertiary/aromatic N) is 3. The summed E-state index contributed by atoms with van der Waals surface area (Å²) in [5.74, 6) is 5.33. The molecule has 0 saturated carbocycles. The summed E-state index contributed by atoms with van der Waals surface area (Å²) in [5, 5.41) is 9.02. The van der Waals surface area contributed by atoms with E-state index >= 15 is 0 Å². The SMILES string of the molecule is Cc1cc(N2c3ccccc3C3(c4ccccc4Oc4ccccc43)c3ccccc32)cc(C)c1B1c2ccccc2[Si](c2ccccc2)(c2ccccc2)c2ccccc21.Cc1cc(N2c3ccccc3Oc3ccccc32)cc(C)c1B1c2cccc[c]2[Ge]([CH](C)C)([CH](C)C)[c]2ccccc21.Cc1cc(N2c3ccccc3Oc3ccccc32)cc(C)c1B1c2ccccc2[Si](C(C)C)(C(C)C)c2ccccc21. The van der Waals surface area contributed by atoms with Crippen LogP contribution in [0.4, 0.5) is 51.2 Å². The van der Waals surface area contributed by atoms with Crippen LogP contribution in [0.1, 0.15) is 111 Å². The predicted octanol–water partition coefficient (Wildman–Crippen LogP) is 23.0. The minimum atomic E-state index is -2.72. The second kappa shape index (κ2) is 36.8. The van der Waals surface area contributed by atoms with E-state index in [0.29, 0.717) is 20.6 Å². The number of rotatable bonds is 12. The first-order valence-electron chi connectivity index (χ1n) is 52.0. The first kappa shape index (κ1) is 92.6. The minimum absolute atomic E-state index is 0.0777. The molecule has 0 amide bonds. The summed E-state index contributed by atoms with van der Waals surface area (Å²) in [6.45, 7) is 34.2. The first-order valence-corrected chi connectivity index (χ1v) is 60.7. The minimum Gasteiger partial charge on any atom is -0.453 e. The third-order valence-electron chi connectivity index (χ3n) is 33.4. The van der Waals surface area contributed by atoms with Crippen molar-refractivity contribution in [2.45, 2.75) is 123 Å². The van der Waals surface area contributed by atoms with Crippen molar-refractivity contribution in [3.63, 3.8) is 0 Å². The van der Waals surface area contributed by atoms with Gasteiger partial charge in [-0.2, -0.15) is 0 Å². The number of hydrogen-bond donors (Lipinski definition) is 0. The molecule has 0 unspecified atom stereocenters. The Kier molecular flexibility index (Phi) is 23.5. The molecule has 26 rings (SSSR count). The Balaban J connectivity index is 0.000000120. The summed E-state index contributed by atoms with van der Waals surface area (Å²) in [7, 11) is -4.72. The summed E-state index contributed by atoms with van der Waals surface area (Å²) < 4.78 is 23.9. The molecule has 0 N–H and O–H groups in total. The van der Waals surface area contributed by atoms with Crippen LogP contribution in [0.15, 0.2) is 437 Å². The average Bonchev–Trinajstić information content (AvgIpc) is 0.752. The van der Waals surface area contributed by atoms with E-state index in [4.69, 9.17) is 14.2 Å². The van der Waals surface area contributed by atoms with E-state index in [9.17, 15) is 0 Å². The summed E-state index contributed by atoms with van der Waals surface area (Å²) in [4.78, 5) is 7.22. The maximum atomic E-state index is 6.65. The van der Waals surface area contributed by atoms with E-state index < -0.39 is 34.8 Å². The predicted molar refractivity (Wildman–Crippen MR) is 624 cm³/mol. The molecule has 7 heterocycles. The fourth-order valence-corrected chi connectivity index (χ4v) is 52.9. The van der Waals surface area contributed by atoms with Gasteiger partial charge in [-0.3, -0.25) is 0 Å². The third kappa shape index (κ3) is 14.2. The zero-order chi connectivity index (χ0) is 99.1. The van der Waals surface area contributed by atoms with Gasteiger partial charge in [0.2, 0.25) is 13.4 Å². The Morgan fingerprint density at radius 1 is 0.234 bits per heavy atom. The second-order valence-electron chi connectivity index (χ2n) is 42.1. The van der Waals surface area contributed by atoms with Crippen LogP contribution in [0, 0.1) is 41.5 Å². The quantitative estimate of drug-likeness (QED) is 0.114. The van der Waals surface area contributed by atoms with Gasteiger partial charge in [-0.25, -0.2) is 0 Å². The van der Waals surface area contributed by atoms with Crippen molar-refractivity contribution >= 4 is 190 Å². The van der Waals surface area contributed by atoms with Crippen LogP contribution in [0.3, 0.4) is 0 Å². The molecule has 0 fully saturated rings. The van der Waals surface area contributed by atoms with Gasteiger partial charge >= 0.3 is 255 Å². The van der Waals surface area contributed by atoms with Crippen LogP contribution in [0.2, 0.25) is 20.6 Å². The maximum absolute atomic E-state index is 6.65. The number of benzene rings is 19. The van der Waals surface area contributed by atoms with Gasteiger partial charge in [-0.05, 0) is 143 Å². The van der Waals surface area contributed by atoms with Crippen molar-refractivity contribution in [1.82, 2.24) is 0 Å². The molecule has 0 bridgehead atoms. The van der Waals surface area contributed by atoms with E-state index in [0.717, 1.165) is 74.1 Å². The van der Waals surface area contributed by atoms with Crippen LogP contribution in [0.25, 0.3) is 0 Å². The van der Waals surface area contributed by atoms with Gasteiger partial charge in [-0.1, -0.05) is 348 Å². The van der Waals surface area contributed by atoms with Gasteiger partial charge < -0.3 is 19.3 Å². The average molecular weight is 1970 g/mol. The summed E-state index contributed by atoms with van der Waals surface area (Å²) >= 11 is -2.72. The topological polar surface area (TPSA) is 37.4 Å². The largest absolute Gasteiger partial charge is 0.453 e. The van der Waals surface area contributed by atoms with Gasteiger partial charge in [0.25, 0.3) is 0 Å². The number of ether oxygens (including phenoxy) is 3. The molecule has 7 aliphatic heterocycles. The number of anilines is 9. The van der Waals surface area contributed by atoms with Crippen LogP contribution >= 0.6 is 0 Å². The number of aryl methyl sites for hydroxylation is 6. The molecule has 704 valence electrons. The number of para-hydroxylation sites is 12. The van der Waals surface area contributed by atoms with E-state index in [-0.39, 0.29) is 20.1 Å². The van der Waals surface area contributed by atoms with E-state index in [1.807, 2.05) is 24.3 Å². The molecule has 1 spiro atoms. The van der Waals surface area contributed by atoms with Crippen molar-refractivity contribution < 1.29 is 14.2 Å². The Labute approximate surface area is 861 Å². The fraction of sp³-hybridized carbons (Fsp3) is 0.143. The van der Waals surface area contributed by atoms with Gasteiger partial charge in [0, 0.05) is 22.5 Å². The third-order valence-corrected chi connectivity index (χ3v) is 58.0. The van der Waals surface area contributed by atoms with Crippen LogP contribution in [-0.2, 0) is 5.41 Å². The second-order valence-corrected chi connectivity index (χ2v) is 61.7. The molecule has 0 radical (unpaired) electrons. The van der Waals surface area contributed by atoms with Gasteiger partial charge in [0.05, 0.1) is 28.2 Å². The van der Waals surface area contributed by atoms with Crippen LogP contribution in [0.5, 0.6) is 34.5 Å². The zero-order valence-electron chi connectivity index (χ0n) is 85.2. The number of hydrogen-bond acceptors (Lipinski definition) is 6. The summed E-state index contributed by atoms with van der Waals surface area (Å²) in [5.41, 5.74) is 36.6. The Morgan fingerprint density at radius 3 is 0.793 bits per heavy atom. The molecular formula is C133H118B3GeN3O3Si2. The van der Waals surface area contributed by atoms with Gasteiger partial charge in [0.1, 0.15) is 19.6 Å². The van der Waals surface area contributed by atoms with Crippen molar-refractivity contribution in [3.05, 3.63) is 492 Å². The normalized spacial score (nSPS) is 14.7. The molecule has 0 saturated heterocycles. The molecule has 19 aromatic rings. The molecule has 6 nitrogen and oxygen atoms in total. The summed E-state index contributed by atoms with van der Waals surface area (Å²) in [6, 6.07) is 162. The molecule has 12 heteroatoms. The van der Waals surface area contributed by atoms with Crippen LogP contribution < -0.4 is 118 Å². The van der Waals surface area contributed by atoms with Gasteiger partial charge in [0.15, 0.2) is 19.6 Å². The molecule has 7 aliphatic rings. The van der Waals surface area contributed by atoms with E-state index in [1.54, 1.807) is 19.2 Å². The van der Waals surface area contributed by atoms with Crippen LogP contribution in [-0.4, -0.2) is 49.6 Å². The van der Waals surface area contributed by atoms with Crippen molar-refractivity contribution in [1.29, 1.82) is 0 Å². The first-order chi connectivity index (χ1) is 70.8. The fourth-order valence-electron chi connectivity index (χ4n) is 28.2. The standard InChI is InChI=1S/C57H42BNOSi.C38H38BGeNO.C38H38BNOSi/c1-39-37-41(59-50-31-15-9-25-44(50)57(45-26-10-16-32-51(45)59)46-27-11-17-33-52(46)60-53-34-18-12-28-47(53)57)38-40(2)56(39)58-48-29-13-19-35-54(48)61(42-21-5-3-6-22-42,43-23-7-4-8-24-43)55-36-20-14-30-49(55)58;1-25(2)40(26(3)4)32-17-9-7-15-30(32)39(31-16-8-10-18-33(31)40)38-27(5)23-29(24-28(38)6)41-34-19-11-13-21-36(34)42-37-22-14-12-20-35(37)41;1-25(2)42(26(3)4)36-21-13-7-15-30(36)39(31-16-8-14-22-37(31)42)38-27(5)23-29(24-28(38)6)40-32-17-9-11-19-34(32)41-35-20-12-10-18-33(35)40/h3-38H,1-2H3;2*7-26H,1-6H3. The molecule has 0 aromatic heterocycles. The Morgan fingerprint density at radius 2 is 0.469 bits per heavy atom. The Hall–Kier alpha value is -14.8. The zero-order valence-corrected chi connectivity index (χ0v) is 89.3. The maximum Gasteiger partial charge on any atom is 0.241 e.